The van der Waals surface area contributed by atoms with E-state index in [1.54, 1.807) is 24.3 Å². The van der Waals surface area contributed by atoms with Gasteiger partial charge in [0.2, 0.25) is 11.2 Å². The second-order valence-electron chi connectivity index (χ2n) is 7.41. The van der Waals surface area contributed by atoms with Gasteiger partial charge in [0, 0.05) is 18.2 Å². The first-order chi connectivity index (χ1) is 17.2. The molecule has 12 heteroatoms. The fraction of sp³-hybridized carbons (Fsp3) is 0.0833. The van der Waals surface area contributed by atoms with Crippen molar-refractivity contribution < 1.29 is 33.3 Å². The maximum atomic E-state index is 12.8. The maximum Gasteiger partial charge on any atom is 0.344 e. The third kappa shape index (κ3) is 4.68. The zero-order valence-electron chi connectivity index (χ0n) is 18.8. The van der Waals surface area contributed by atoms with Crippen molar-refractivity contribution in [2.45, 2.75) is 6.92 Å². The van der Waals surface area contributed by atoms with Gasteiger partial charge in [-0.2, -0.15) is 0 Å². The molecule has 4 aromatic rings. The summed E-state index contributed by atoms with van der Waals surface area (Å²) in [5.41, 5.74) is -2.16. The van der Waals surface area contributed by atoms with Crippen LogP contribution in [0.5, 0.6) is 23.0 Å². The highest BCUT2D eigenvalue weighted by atomic mass is 16.6. The summed E-state index contributed by atoms with van der Waals surface area (Å²) in [6.07, 6.45) is 1.10. The Morgan fingerprint density at radius 2 is 1.47 bits per heavy atom. The van der Waals surface area contributed by atoms with E-state index in [2.05, 4.69) is 0 Å². The molecule has 0 spiro atoms. The molecule has 0 aliphatic heterocycles. The predicted octanol–water partition coefficient (Wildman–Crippen LogP) is 4.94. The van der Waals surface area contributed by atoms with Crippen LogP contribution in [0.15, 0.2) is 70.1 Å². The SMILES string of the molecule is COc1ccc(Oc2coc3cc(OC(=O)c4cc([N+](=O)[O-])c(C)c([N+](=O)[O-])c4)ccc3c2=O)cc1. The van der Waals surface area contributed by atoms with E-state index >= 15 is 0 Å². The van der Waals surface area contributed by atoms with Crippen LogP contribution in [0.4, 0.5) is 11.4 Å². The Balaban J connectivity index is 1.60. The molecular weight excluding hydrogens is 476 g/mol. The Morgan fingerprint density at radius 1 is 0.889 bits per heavy atom. The predicted molar refractivity (Wildman–Crippen MR) is 125 cm³/mol. The number of esters is 1. The number of hydrogen-bond donors (Lipinski definition) is 0. The van der Waals surface area contributed by atoms with E-state index in [0.29, 0.717) is 11.5 Å². The lowest BCUT2D eigenvalue weighted by Gasteiger charge is -2.08. The number of rotatable bonds is 7. The van der Waals surface area contributed by atoms with Gasteiger partial charge in [0.1, 0.15) is 34.7 Å². The van der Waals surface area contributed by atoms with Crippen molar-refractivity contribution in [2.75, 3.05) is 7.11 Å². The molecule has 182 valence electrons. The molecule has 1 heterocycles. The molecule has 0 aliphatic rings. The van der Waals surface area contributed by atoms with Crippen LogP contribution in [0.1, 0.15) is 15.9 Å². The van der Waals surface area contributed by atoms with Crippen LogP contribution in [0.25, 0.3) is 11.0 Å². The van der Waals surface area contributed by atoms with Crippen LogP contribution in [-0.2, 0) is 0 Å². The molecule has 0 N–H and O–H groups in total. The lowest BCUT2D eigenvalue weighted by molar-refractivity contribution is -0.395. The number of nitrogens with zero attached hydrogens (tertiary/aromatic N) is 2. The number of nitro benzene ring substituents is 2. The highest BCUT2D eigenvalue weighted by Crippen LogP contribution is 2.30. The molecule has 4 rings (SSSR count). The molecule has 12 nitrogen and oxygen atoms in total. The van der Waals surface area contributed by atoms with Gasteiger partial charge in [0.15, 0.2) is 0 Å². The first kappa shape index (κ1) is 23.9. The number of benzene rings is 3. The second-order valence-corrected chi connectivity index (χ2v) is 7.41. The van der Waals surface area contributed by atoms with Gasteiger partial charge in [-0.15, -0.1) is 0 Å². The van der Waals surface area contributed by atoms with E-state index in [0.717, 1.165) is 18.4 Å². The zero-order chi connectivity index (χ0) is 26.0. The molecule has 0 amide bonds. The zero-order valence-corrected chi connectivity index (χ0v) is 18.8. The van der Waals surface area contributed by atoms with Crippen molar-refractivity contribution in [3.8, 4) is 23.0 Å². The Kier molecular flexibility index (Phi) is 6.33. The van der Waals surface area contributed by atoms with Gasteiger partial charge in [0.25, 0.3) is 11.4 Å². The number of ether oxygens (including phenoxy) is 3. The standard InChI is InChI=1S/C24H16N2O10/c1-13-19(25(29)30)9-14(10-20(13)26(31)32)24(28)36-17-7-8-18-21(11-17)34-12-22(23(18)27)35-16-5-3-15(33-2)4-6-16/h3-12H,1-2H3. The second kappa shape index (κ2) is 9.54. The third-order valence-electron chi connectivity index (χ3n) is 5.19. The molecule has 0 unspecified atom stereocenters. The van der Waals surface area contributed by atoms with Crippen LogP contribution in [0.3, 0.4) is 0 Å². The summed E-state index contributed by atoms with van der Waals surface area (Å²) in [5.74, 6) is -0.191. The third-order valence-corrected chi connectivity index (χ3v) is 5.19. The minimum Gasteiger partial charge on any atom is -0.497 e. The summed E-state index contributed by atoms with van der Waals surface area (Å²) >= 11 is 0. The number of carbonyl (C=O) groups excluding carboxylic acids is 1. The first-order valence-corrected chi connectivity index (χ1v) is 10.2. The molecule has 0 atom stereocenters. The Hall–Kier alpha value is -5.26. The Morgan fingerprint density at radius 3 is 2.06 bits per heavy atom. The van der Waals surface area contributed by atoms with E-state index in [4.69, 9.17) is 18.6 Å². The molecule has 0 saturated heterocycles. The molecule has 0 fully saturated rings. The van der Waals surface area contributed by atoms with Gasteiger partial charge in [-0.1, -0.05) is 0 Å². The van der Waals surface area contributed by atoms with Crippen molar-refractivity contribution in [1.29, 1.82) is 0 Å². The number of fused-ring (bicyclic) bond motifs is 1. The lowest BCUT2D eigenvalue weighted by atomic mass is 10.1. The summed E-state index contributed by atoms with van der Waals surface area (Å²) in [4.78, 5) is 46.3. The highest BCUT2D eigenvalue weighted by molar-refractivity contribution is 5.93. The van der Waals surface area contributed by atoms with Gasteiger partial charge in [-0.3, -0.25) is 25.0 Å². The average molecular weight is 492 g/mol. The van der Waals surface area contributed by atoms with Crippen LogP contribution >= 0.6 is 0 Å². The van der Waals surface area contributed by atoms with Crippen molar-refractivity contribution >= 4 is 28.3 Å². The van der Waals surface area contributed by atoms with Crippen molar-refractivity contribution in [2.24, 2.45) is 0 Å². The number of methoxy groups -OCH3 is 1. The normalized spacial score (nSPS) is 10.6. The molecule has 36 heavy (non-hydrogen) atoms. The van der Waals surface area contributed by atoms with E-state index in [9.17, 15) is 29.8 Å². The minimum absolute atomic E-state index is 0.0506. The topological polar surface area (TPSA) is 161 Å². The molecule has 0 saturated carbocycles. The van der Waals surface area contributed by atoms with Crippen LogP contribution < -0.4 is 19.6 Å². The molecular formula is C24H16N2O10. The first-order valence-electron chi connectivity index (χ1n) is 10.2. The maximum absolute atomic E-state index is 12.8. The lowest BCUT2D eigenvalue weighted by Crippen LogP contribution is -2.11. The summed E-state index contributed by atoms with van der Waals surface area (Å²) in [7, 11) is 1.52. The van der Waals surface area contributed by atoms with Crippen molar-refractivity contribution in [3.63, 3.8) is 0 Å². The van der Waals surface area contributed by atoms with Gasteiger partial charge in [-0.25, -0.2) is 4.79 Å². The average Bonchev–Trinajstić information content (AvgIpc) is 2.86. The van der Waals surface area contributed by atoms with E-state index < -0.39 is 32.6 Å². The van der Waals surface area contributed by atoms with Crippen LogP contribution in [-0.4, -0.2) is 22.9 Å². The van der Waals surface area contributed by atoms with E-state index in [-0.39, 0.29) is 33.6 Å². The molecule has 1 aromatic heterocycles. The van der Waals surface area contributed by atoms with Crippen molar-refractivity contribution in [1.82, 2.24) is 0 Å². The fourth-order valence-electron chi connectivity index (χ4n) is 3.34. The minimum atomic E-state index is -1.07. The van der Waals surface area contributed by atoms with Gasteiger partial charge in [0.05, 0.1) is 27.9 Å². The summed E-state index contributed by atoms with van der Waals surface area (Å²) in [6, 6.07) is 12.3. The monoisotopic (exact) mass is 492 g/mol. The molecule has 0 radical (unpaired) electrons. The van der Waals surface area contributed by atoms with E-state index in [1.165, 1.54) is 32.2 Å². The molecule has 0 aliphatic carbocycles. The van der Waals surface area contributed by atoms with Crippen LogP contribution in [0.2, 0.25) is 0 Å². The number of hydrogen-bond acceptors (Lipinski definition) is 10. The van der Waals surface area contributed by atoms with Crippen molar-refractivity contribution in [3.05, 3.63) is 102 Å². The van der Waals surface area contributed by atoms with Gasteiger partial charge in [-0.05, 0) is 43.3 Å². The van der Waals surface area contributed by atoms with E-state index in [1.807, 2.05) is 0 Å². The fourth-order valence-corrected chi connectivity index (χ4v) is 3.34. The molecule has 0 bridgehead atoms. The Labute approximate surface area is 201 Å². The number of nitro groups is 2. The summed E-state index contributed by atoms with van der Waals surface area (Å²) in [6.45, 7) is 1.21. The van der Waals surface area contributed by atoms with Gasteiger partial charge >= 0.3 is 5.97 Å². The number of carbonyl (C=O) groups is 1. The smallest absolute Gasteiger partial charge is 0.344 e. The van der Waals surface area contributed by atoms with Crippen LogP contribution in [0, 0.1) is 27.2 Å². The highest BCUT2D eigenvalue weighted by Gasteiger charge is 2.26. The summed E-state index contributed by atoms with van der Waals surface area (Å²) in [5, 5.41) is 22.6. The summed E-state index contributed by atoms with van der Waals surface area (Å²) < 4.78 is 21.3. The Bertz CT molecular complexity index is 1540. The molecule has 3 aromatic carbocycles. The van der Waals surface area contributed by atoms with Gasteiger partial charge < -0.3 is 18.6 Å². The quantitative estimate of drug-likeness (QED) is 0.149. The largest absolute Gasteiger partial charge is 0.497 e.